The first-order valence-corrected chi connectivity index (χ1v) is 8.06. The third kappa shape index (κ3) is 3.81. The molecule has 7 heteroatoms. The van der Waals surface area contributed by atoms with Crippen molar-refractivity contribution in [2.75, 3.05) is 0 Å². The van der Waals surface area contributed by atoms with Gasteiger partial charge in [-0.15, -0.1) is 12.4 Å². The van der Waals surface area contributed by atoms with Crippen molar-refractivity contribution < 1.29 is 18.3 Å². The van der Waals surface area contributed by atoms with Gasteiger partial charge < -0.3 is 15.8 Å². The lowest BCUT2D eigenvalue weighted by molar-refractivity contribution is -0.127. The molecule has 0 saturated heterocycles. The van der Waals surface area contributed by atoms with E-state index in [9.17, 15) is 13.6 Å². The van der Waals surface area contributed by atoms with Crippen molar-refractivity contribution in [2.45, 2.75) is 44.9 Å². The fourth-order valence-corrected chi connectivity index (χ4v) is 4.08. The molecule has 0 aliphatic heterocycles. The number of carbonyl (C=O) groups excluding carboxylic acids is 1. The van der Waals surface area contributed by atoms with Crippen molar-refractivity contribution in [3.05, 3.63) is 29.8 Å². The van der Waals surface area contributed by atoms with Gasteiger partial charge in [0.1, 0.15) is 5.75 Å². The van der Waals surface area contributed by atoms with Gasteiger partial charge in [-0.05, 0) is 55.7 Å². The average Bonchev–Trinajstić information content (AvgIpc) is 3.07. The van der Waals surface area contributed by atoms with Crippen LogP contribution in [0.5, 0.6) is 5.75 Å². The maximum atomic E-state index is 12.5. The van der Waals surface area contributed by atoms with Gasteiger partial charge >= 0.3 is 6.61 Å². The highest BCUT2D eigenvalue weighted by molar-refractivity contribution is 5.85. The highest BCUT2D eigenvalue weighted by Gasteiger charge is 2.49. The third-order valence-electron chi connectivity index (χ3n) is 5.23. The molecular formula is C17H23ClF2N2O2. The first-order valence-electron chi connectivity index (χ1n) is 8.06. The van der Waals surface area contributed by atoms with Crippen molar-refractivity contribution in [1.82, 2.24) is 5.32 Å². The number of ether oxygens (including phenoxy) is 1. The van der Waals surface area contributed by atoms with Crippen LogP contribution in [0.25, 0.3) is 0 Å². The smallest absolute Gasteiger partial charge is 0.387 e. The molecule has 2 bridgehead atoms. The number of rotatable bonds is 5. The van der Waals surface area contributed by atoms with Gasteiger partial charge in [-0.1, -0.05) is 12.1 Å². The van der Waals surface area contributed by atoms with E-state index >= 15 is 0 Å². The Morgan fingerprint density at radius 2 is 2.04 bits per heavy atom. The molecule has 0 radical (unpaired) electrons. The first-order chi connectivity index (χ1) is 11.0. The Labute approximate surface area is 146 Å². The normalized spacial score (nSPS) is 29.2. The fraction of sp³-hybridized carbons (Fsp3) is 0.588. The standard InChI is InChI=1S/C17H22F2N2O2.ClH/c1-9(10-3-2-4-13(8-10)23-17(18)19)21-16(22)14-11-5-6-12(7-11)15(14)20;/h2-4,8-9,11-12,14-15,17H,5-7,20H2,1H3,(H,21,22);1H. The van der Waals surface area contributed by atoms with Gasteiger partial charge in [-0.3, -0.25) is 4.79 Å². The zero-order chi connectivity index (χ0) is 16.6. The van der Waals surface area contributed by atoms with E-state index in [2.05, 4.69) is 10.1 Å². The summed E-state index contributed by atoms with van der Waals surface area (Å²) >= 11 is 0. The lowest BCUT2D eigenvalue weighted by Crippen LogP contribution is -2.45. The zero-order valence-corrected chi connectivity index (χ0v) is 14.3. The molecule has 0 heterocycles. The quantitative estimate of drug-likeness (QED) is 0.847. The molecule has 5 atom stereocenters. The second-order valence-corrected chi connectivity index (χ2v) is 6.62. The predicted molar refractivity (Wildman–Crippen MR) is 89.2 cm³/mol. The van der Waals surface area contributed by atoms with Crippen molar-refractivity contribution in [1.29, 1.82) is 0 Å². The maximum Gasteiger partial charge on any atom is 0.387 e. The predicted octanol–water partition coefficient (Wildman–Crippen LogP) is 3.26. The summed E-state index contributed by atoms with van der Waals surface area (Å²) in [4.78, 5) is 12.5. The molecule has 2 aliphatic rings. The molecule has 2 aliphatic carbocycles. The van der Waals surface area contributed by atoms with Crippen LogP contribution in [0, 0.1) is 17.8 Å². The van der Waals surface area contributed by atoms with Crippen molar-refractivity contribution >= 4 is 18.3 Å². The van der Waals surface area contributed by atoms with Crippen LogP contribution < -0.4 is 15.8 Å². The number of hydrogen-bond donors (Lipinski definition) is 2. The summed E-state index contributed by atoms with van der Waals surface area (Å²) in [6, 6.07) is 6.07. The maximum absolute atomic E-state index is 12.5. The summed E-state index contributed by atoms with van der Waals surface area (Å²) in [6.45, 7) is -1.03. The van der Waals surface area contributed by atoms with Gasteiger partial charge in [-0.25, -0.2) is 0 Å². The molecule has 3 rings (SSSR count). The third-order valence-corrected chi connectivity index (χ3v) is 5.23. The summed E-state index contributed by atoms with van der Waals surface area (Å²) in [5.74, 6) is 0.786. The number of nitrogens with two attached hydrogens (primary N) is 1. The van der Waals surface area contributed by atoms with E-state index < -0.39 is 6.61 Å². The summed E-state index contributed by atoms with van der Waals surface area (Å²) in [6.07, 6.45) is 3.24. The van der Waals surface area contributed by atoms with E-state index in [1.165, 1.54) is 12.1 Å². The Balaban J connectivity index is 0.00000208. The van der Waals surface area contributed by atoms with Gasteiger partial charge in [0.2, 0.25) is 5.91 Å². The van der Waals surface area contributed by atoms with Crippen LogP contribution in [0.2, 0.25) is 0 Å². The Morgan fingerprint density at radius 1 is 1.33 bits per heavy atom. The van der Waals surface area contributed by atoms with Gasteiger partial charge in [-0.2, -0.15) is 8.78 Å². The van der Waals surface area contributed by atoms with Crippen LogP contribution in [-0.4, -0.2) is 18.6 Å². The van der Waals surface area contributed by atoms with E-state index in [1.54, 1.807) is 12.1 Å². The Kier molecular flexibility index (Phi) is 6.04. The number of alkyl halides is 2. The van der Waals surface area contributed by atoms with Gasteiger partial charge in [0, 0.05) is 6.04 Å². The molecule has 24 heavy (non-hydrogen) atoms. The second kappa shape index (κ2) is 7.66. The molecule has 0 spiro atoms. The van der Waals surface area contributed by atoms with Crippen LogP contribution in [0.3, 0.4) is 0 Å². The van der Waals surface area contributed by atoms with E-state index in [0.29, 0.717) is 11.8 Å². The van der Waals surface area contributed by atoms with E-state index in [1.807, 2.05) is 6.92 Å². The number of hydrogen-bond acceptors (Lipinski definition) is 3. The molecule has 1 aromatic carbocycles. The lowest BCUT2D eigenvalue weighted by Gasteiger charge is -2.28. The summed E-state index contributed by atoms with van der Waals surface area (Å²) in [5.41, 5.74) is 6.92. The number of halogens is 3. The molecule has 3 N–H and O–H groups in total. The molecule has 5 unspecified atom stereocenters. The molecule has 134 valence electrons. The number of nitrogens with one attached hydrogen (secondary N) is 1. The highest BCUT2D eigenvalue weighted by atomic mass is 35.5. The van der Waals surface area contributed by atoms with Gasteiger partial charge in [0.15, 0.2) is 0 Å². The molecule has 2 fully saturated rings. The number of benzene rings is 1. The van der Waals surface area contributed by atoms with Crippen LogP contribution in [0.4, 0.5) is 8.78 Å². The minimum Gasteiger partial charge on any atom is -0.435 e. The Morgan fingerprint density at radius 3 is 2.67 bits per heavy atom. The van der Waals surface area contributed by atoms with E-state index in [-0.39, 0.29) is 42.1 Å². The molecule has 1 aromatic rings. The van der Waals surface area contributed by atoms with E-state index in [0.717, 1.165) is 24.8 Å². The SMILES string of the molecule is CC(NC(=O)C1C2CCC(C2)C1N)c1cccc(OC(F)F)c1.Cl. The summed E-state index contributed by atoms with van der Waals surface area (Å²) in [7, 11) is 0. The van der Waals surface area contributed by atoms with Gasteiger partial charge in [0.25, 0.3) is 0 Å². The lowest BCUT2D eigenvalue weighted by atomic mass is 9.84. The minimum atomic E-state index is -2.86. The number of amides is 1. The fourth-order valence-electron chi connectivity index (χ4n) is 4.08. The van der Waals surface area contributed by atoms with Crippen molar-refractivity contribution in [2.24, 2.45) is 23.5 Å². The van der Waals surface area contributed by atoms with Crippen LogP contribution in [0.15, 0.2) is 24.3 Å². The molecule has 0 aromatic heterocycles. The van der Waals surface area contributed by atoms with Gasteiger partial charge in [0.05, 0.1) is 12.0 Å². The second-order valence-electron chi connectivity index (χ2n) is 6.62. The topological polar surface area (TPSA) is 64.4 Å². The molecular weight excluding hydrogens is 338 g/mol. The molecule has 2 saturated carbocycles. The van der Waals surface area contributed by atoms with Crippen LogP contribution in [-0.2, 0) is 4.79 Å². The monoisotopic (exact) mass is 360 g/mol. The van der Waals surface area contributed by atoms with Crippen molar-refractivity contribution in [3.63, 3.8) is 0 Å². The van der Waals surface area contributed by atoms with Crippen molar-refractivity contribution in [3.8, 4) is 5.75 Å². The average molecular weight is 361 g/mol. The van der Waals surface area contributed by atoms with Crippen LogP contribution >= 0.6 is 12.4 Å². The largest absolute Gasteiger partial charge is 0.435 e. The first kappa shape index (κ1) is 18.9. The van der Waals surface area contributed by atoms with Crippen LogP contribution in [0.1, 0.15) is 37.8 Å². The molecule has 1 amide bonds. The highest BCUT2D eigenvalue weighted by Crippen LogP contribution is 2.47. The minimum absolute atomic E-state index is 0. The Hall–Kier alpha value is -1.40. The Bertz CT molecular complexity index is 585. The number of fused-ring (bicyclic) bond motifs is 2. The summed E-state index contributed by atoms with van der Waals surface area (Å²) in [5, 5.41) is 2.97. The molecule has 4 nitrogen and oxygen atoms in total. The number of carbonyl (C=O) groups is 1. The zero-order valence-electron chi connectivity index (χ0n) is 13.5. The van der Waals surface area contributed by atoms with E-state index in [4.69, 9.17) is 5.73 Å². The summed E-state index contributed by atoms with van der Waals surface area (Å²) < 4.78 is 29.0.